The van der Waals surface area contributed by atoms with Gasteiger partial charge in [-0.15, -0.1) is 0 Å². The van der Waals surface area contributed by atoms with E-state index in [0.29, 0.717) is 5.41 Å². The third kappa shape index (κ3) is 3.36. The number of rotatable bonds is 5. The standard InChI is InChI=1S/C16H24BrN/c1-14-7-3-4-8-15(14)11-18(2)13-16(12-17)9-5-6-10-16/h3-4,7-8H,5-6,9-13H2,1-2H3. The molecule has 0 aliphatic heterocycles. The molecule has 0 spiro atoms. The topological polar surface area (TPSA) is 3.24 Å². The molecule has 0 unspecified atom stereocenters. The van der Waals surface area contributed by atoms with Gasteiger partial charge in [-0.05, 0) is 43.4 Å². The Hall–Kier alpha value is -0.340. The normalized spacial score (nSPS) is 18.4. The number of nitrogens with zero attached hydrogens (tertiary/aromatic N) is 1. The molecule has 0 N–H and O–H groups in total. The van der Waals surface area contributed by atoms with Crippen LogP contribution in [0, 0.1) is 12.3 Å². The highest BCUT2D eigenvalue weighted by Gasteiger charge is 2.33. The Morgan fingerprint density at radius 2 is 1.89 bits per heavy atom. The Morgan fingerprint density at radius 3 is 2.50 bits per heavy atom. The van der Waals surface area contributed by atoms with Crippen molar-refractivity contribution in [2.24, 2.45) is 5.41 Å². The van der Waals surface area contributed by atoms with Crippen molar-refractivity contribution >= 4 is 15.9 Å². The molecule has 1 aliphatic rings. The maximum Gasteiger partial charge on any atom is 0.0233 e. The van der Waals surface area contributed by atoms with Gasteiger partial charge in [-0.2, -0.15) is 0 Å². The predicted octanol–water partition coefficient (Wildman–Crippen LogP) is 4.38. The van der Waals surface area contributed by atoms with Crippen LogP contribution in [0.3, 0.4) is 0 Å². The zero-order valence-corrected chi connectivity index (χ0v) is 13.2. The zero-order valence-electron chi connectivity index (χ0n) is 11.6. The molecule has 2 rings (SSSR count). The predicted molar refractivity (Wildman–Crippen MR) is 82.2 cm³/mol. The SMILES string of the molecule is Cc1ccccc1CN(C)CC1(CBr)CCCC1. The molecular weight excluding hydrogens is 286 g/mol. The van der Waals surface area contributed by atoms with Gasteiger partial charge in [0.15, 0.2) is 0 Å². The van der Waals surface area contributed by atoms with Gasteiger partial charge in [-0.3, -0.25) is 0 Å². The number of hydrogen-bond acceptors (Lipinski definition) is 1. The largest absolute Gasteiger partial charge is 0.302 e. The first kappa shape index (κ1) is 14.1. The van der Waals surface area contributed by atoms with Crippen LogP contribution in [0.2, 0.25) is 0 Å². The molecule has 0 bridgehead atoms. The van der Waals surface area contributed by atoms with Crippen molar-refractivity contribution in [2.45, 2.75) is 39.2 Å². The van der Waals surface area contributed by atoms with E-state index in [2.05, 4.69) is 59.1 Å². The van der Waals surface area contributed by atoms with Crippen molar-refractivity contribution in [2.75, 3.05) is 18.9 Å². The number of aryl methyl sites for hydroxylation is 1. The van der Waals surface area contributed by atoms with Crippen LogP contribution in [0.5, 0.6) is 0 Å². The van der Waals surface area contributed by atoms with Crippen molar-refractivity contribution in [3.05, 3.63) is 35.4 Å². The lowest BCUT2D eigenvalue weighted by Crippen LogP contribution is -2.34. The van der Waals surface area contributed by atoms with E-state index < -0.39 is 0 Å². The summed E-state index contributed by atoms with van der Waals surface area (Å²) in [5, 5.41) is 1.15. The summed E-state index contributed by atoms with van der Waals surface area (Å²) in [7, 11) is 2.26. The molecule has 1 saturated carbocycles. The fourth-order valence-corrected chi connectivity index (χ4v) is 3.90. The third-order valence-electron chi connectivity index (χ3n) is 4.25. The van der Waals surface area contributed by atoms with Crippen LogP contribution in [0.4, 0.5) is 0 Å². The maximum absolute atomic E-state index is 3.74. The van der Waals surface area contributed by atoms with Gasteiger partial charge in [0, 0.05) is 18.4 Å². The Balaban J connectivity index is 1.96. The van der Waals surface area contributed by atoms with Crippen LogP contribution in [-0.2, 0) is 6.54 Å². The molecule has 1 aromatic rings. The third-order valence-corrected chi connectivity index (χ3v) is 5.44. The fraction of sp³-hybridized carbons (Fsp3) is 0.625. The molecule has 1 aromatic carbocycles. The van der Waals surface area contributed by atoms with E-state index in [1.807, 2.05) is 0 Å². The maximum atomic E-state index is 3.74. The fourth-order valence-electron chi connectivity index (χ4n) is 3.17. The van der Waals surface area contributed by atoms with Gasteiger partial charge in [-0.1, -0.05) is 53.0 Å². The first-order valence-electron chi connectivity index (χ1n) is 6.94. The van der Waals surface area contributed by atoms with Gasteiger partial charge in [0.1, 0.15) is 0 Å². The van der Waals surface area contributed by atoms with Crippen LogP contribution < -0.4 is 0 Å². The molecule has 100 valence electrons. The minimum absolute atomic E-state index is 0.525. The summed E-state index contributed by atoms with van der Waals surface area (Å²) in [6.07, 6.45) is 5.58. The molecule has 2 heteroatoms. The lowest BCUT2D eigenvalue weighted by molar-refractivity contribution is 0.196. The van der Waals surface area contributed by atoms with Crippen molar-refractivity contribution < 1.29 is 0 Å². The molecule has 1 fully saturated rings. The Bertz CT molecular complexity index is 382. The number of benzene rings is 1. The summed E-state index contributed by atoms with van der Waals surface area (Å²) in [6.45, 7) is 4.49. The van der Waals surface area contributed by atoms with Crippen LogP contribution in [0.15, 0.2) is 24.3 Å². The number of hydrogen-bond donors (Lipinski definition) is 0. The summed E-state index contributed by atoms with van der Waals surface area (Å²) < 4.78 is 0. The summed E-state index contributed by atoms with van der Waals surface area (Å²) >= 11 is 3.74. The van der Waals surface area contributed by atoms with Gasteiger partial charge in [0.05, 0.1) is 0 Å². The molecule has 0 amide bonds. The van der Waals surface area contributed by atoms with E-state index in [1.54, 1.807) is 0 Å². The Morgan fingerprint density at radius 1 is 1.22 bits per heavy atom. The molecule has 0 atom stereocenters. The van der Waals surface area contributed by atoms with Crippen LogP contribution in [0.1, 0.15) is 36.8 Å². The first-order valence-corrected chi connectivity index (χ1v) is 8.06. The smallest absolute Gasteiger partial charge is 0.0233 e. The highest BCUT2D eigenvalue weighted by Crippen LogP contribution is 2.40. The van der Waals surface area contributed by atoms with Crippen molar-refractivity contribution in [3.63, 3.8) is 0 Å². The summed E-state index contributed by atoms with van der Waals surface area (Å²) in [4.78, 5) is 2.49. The van der Waals surface area contributed by atoms with E-state index in [-0.39, 0.29) is 0 Å². The highest BCUT2D eigenvalue weighted by molar-refractivity contribution is 9.09. The highest BCUT2D eigenvalue weighted by atomic mass is 79.9. The molecule has 0 aromatic heterocycles. The molecule has 18 heavy (non-hydrogen) atoms. The molecule has 0 heterocycles. The summed E-state index contributed by atoms with van der Waals surface area (Å²) in [6, 6.07) is 8.72. The quantitative estimate of drug-likeness (QED) is 0.729. The molecule has 1 nitrogen and oxygen atoms in total. The van der Waals surface area contributed by atoms with E-state index in [0.717, 1.165) is 11.9 Å². The molecule has 0 radical (unpaired) electrons. The van der Waals surface area contributed by atoms with Crippen LogP contribution >= 0.6 is 15.9 Å². The van der Waals surface area contributed by atoms with Crippen LogP contribution in [-0.4, -0.2) is 23.8 Å². The van der Waals surface area contributed by atoms with Crippen molar-refractivity contribution in [3.8, 4) is 0 Å². The second kappa shape index (κ2) is 6.21. The molecular formula is C16H24BrN. The Labute approximate surface area is 120 Å². The van der Waals surface area contributed by atoms with Gasteiger partial charge in [0.2, 0.25) is 0 Å². The average molecular weight is 310 g/mol. The van der Waals surface area contributed by atoms with Crippen molar-refractivity contribution in [1.82, 2.24) is 4.90 Å². The zero-order chi connectivity index (χ0) is 13.0. The van der Waals surface area contributed by atoms with Gasteiger partial charge in [-0.25, -0.2) is 0 Å². The summed E-state index contributed by atoms with van der Waals surface area (Å²) in [5.41, 5.74) is 3.39. The lowest BCUT2D eigenvalue weighted by Gasteiger charge is -2.32. The second-order valence-electron chi connectivity index (χ2n) is 5.94. The van der Waals surface area contributed by atoms with Gasteiger partial charge >= 0.3 is 0 Å². The van der Waals surface area contributed by atoms with E-state index in [4.69, 9.17) is 0 Å². The number of alkyl halides is 1. The second-order valence-corrected chi connectivity index (χ2v) is 6.50. The van der Waals surface area contributed by atoms with E-state index in [1.165, 1.54) is 43.4 Å². The van der Waals surface area contributed by atoms with Crippen LogP contribution in [0.25, 0.3) is 0 Å². The van der Waals surface area contributed by atoms with Crippen molar-refractivity contribution in [1.29, 1.82) is 0 Å². The minimum atomic E-state index is 0.525. The van der Waals surface area contributed by atoms with E-state index in [9.17, 15) is 0 Å². The molecule has 0 saturated heterocycles. The summed E-state index contributed by atoms with van der Waals surface area (Å²) in [5.74, 6) is 0. The first-order chi connectivity index (χ1) is 8.65. The monoisotopic (exact) mass is 309 g/mol. The average Bonchev–Trinajstić information content (AvgIpc) is 2.81. The minimum Gasteiger partial charge on any atom is -0.302 e. The van der Waals surface area contributed by atoms with Gasteiger partial charge in [0.25, 0.3) is 0 Å². The van der Waals surface area contributed by atoms with Gasteiger partial charge < -0.3 is 4.90 Å². The number of halogens is 1. The van der Waals surface area contributed by atoms with E-state index >= 15 is 0 Å². The molecule has 1 aliphatic carbocycles. The lowest BCUT2D eigenvalue weighted by atomic mass is 9.88. The Kier molecular flexibility index (Phi) is 4.85.